The molecule has 0 radical (unpaired) electrons. The molecule has 15 heavy (non-hydrogen) atoms. The summed E-state index contributed by atoms with van der Waals surface area (Å²) in [7, 11) is 4.06. The van der Waals surface area contributed by atoms with Crippen molar-refractivity contribution in [3.63, 3.8) is 0 Å². The minimum Gasteiger partial charge on any atom is -0.319 e. The van der Waals surface area contributed by atoms with E-state index in [4.69, 9.17) is 0 Å². The van der Waals surface area contributed by atoms with E-state index in [-0.39, 0.29) is 5.41 Å². The molecule has 0 spiro atoms. The Bertz CT molecular complexity index is 278. The van der Waals surface area contributed by atoms with Crippen molar-refractivity contribution in [1.82, 2.24) is 10.6 Å². The summed E-state index contributed by atoms with van der Waals surface area (Å²) in [5.74, 6) is 0. The van der Waals surface area contributed by atoms with Crippen LogP contribution < -0.4 is 10.6 Å². The lowest BCUT2D eigenvalue weighted by molar-refractivity contribution is 0.398. The van der Waals surface area contributed by atoms with E-state index < -0.39 is 0 Å². The number of hydrogen-bond acceptors (Lipinski definition) is 2. The molecule has 1 aliphatic carbocycles. The smallest absolute Gasteiger partial charge is 0.0375 e. The molecule has 0 aromatic rings. The molecule has 0 amide bonds. The second-order valence-corrected chi connectivity index (χ2v) is 4.64. The molecule has 0 heterocycles. The Morgan fingerprint density at radius 1 is 0.800 bits per heavy atom. The van der Waals surface area contributed by atoms with Crippen LogP contribution in [0, 0.1) is 5.41 Å². The van der Waals surface area contributed by atoms with Crippen LogP contribution in [0.3, 0.4) is 0 Å². The van der Waals surface area contributed by atoms with E-state index in [0.29, 0.717) is 0 Å². The van der Waals surface area contributed by atoms with Gasteiger partial charge in [0.25, 0.3) is 0 Å². The van der Waals surface area contributed by atoms with Crippen LogP contribution in [0.15, 0.2) is 22.3 Å². The van der Waals surface area contributed by atoms with E-state index in [1.807, 2.05) is 14.1 Å². The van der Waals surface area contributed by atoms with E-state index in [1.54, 1.807) is 0 Å². The SMILES string of the molecule is CNCC1(CNC)C(C)=C(C)C(C)=C1C. The summed E-state index contributed by atoms with van der Waals surface area (Å²) in [6, 6.07) is 0. The second kappa shape index (κ2) is 4.50. The van der Waals surface area contributed by atoms with Gasteiger partial charge in [-0.05, 0) is 52.9 Å². The Morgan fingerprint density at radius 2 is 1.13 bits per heavy atom. The molecule has 0 saturated heterocycles. The van der Waals surface area contributed by atoms with Crippen molar-refractivity contribution in [2.45, 2.75) is 27.7 Å². The van der Waals surface area contributed by atoms with Crippen molar-refractivity contribution in [3.8, 4) is 0 Å². The fourth-order valence-corrected chi connectivity index (χ4v) is 2.76. The van der Waals surface area contributed by atoms with Crippen molar-refractivity contribution in [2.75, 3.05) is 27.2 Å². The van der Waals surface area contributed by atoms with Crippen LogP contribution in [0.5, 0.6) is 0 Å². The maximum absolute atomic E-state index is 3.33. The number of rotatable bonds is 4. The van der Waals surface area contributed by atoms with Crippen molar-refractivity contribution in [3.05, 3.63) is 22.3 Å². The first-order chi connectivity index (χ1) is 7.01. The molecule has 86 valence electrons. The van der Waals surface area contributed by atoms with Crippen LogP contribution in [0.1, 0.15) is 27.7 Å². The Kier molecular flexibility index (Phi) is 3.74. The van der Waals surface area contributed by atoms with Crippen molar-refractivity contribution in [2.24, 2.45) is 5.41 Å². The molecule has 0 atom stereocenters. The molecule has 0 unspecified atom stereocenters. The van der Waals surface area contributed by atoms with Crippen molar-refractivity contribution in [1.29, 1.82) is 0 Å². The second-order valence-electron chi connectivity index (χ2n) is 4.64. The van der Waals surface area contributed by atoms with Gasteiger partial charge in [-0.15, -0.1) is 0 Å². The Morgan fingerprint density at radius 3 is 1.40 bits per heavy atom. The number of allylic oxidation sites excluding steroid dienone is 2. The highest BCUT2D eigenvalue weighted by Gasteiger charge is 2.39. The van der Waals surface area contributed by atoms with Gasteiger partial charge in [-0.3, -0.25) is 0 Å². The molecular weight excluding hydrogens is 184 g/mol. The number of hydrogen-bond donors (Lipinski definition) is 2. The third-order valence-corrected chi connectivity index (χ3v) is 4.08. The Hall–Kier alpha value is -0.600. The van der Waals surface area contributed by atoms with Gasteiger partial charge in [-0.2, -0.15) is 0 Å². The maximum Gasteiger partial charge on any atom is 0.0375 e. The van der Waals surface area contributed by atoms with Crippen LogP contribution in [0.25, 0.3) is 0 Å². The molecule has 2 N–H and O–H groups in total. The van der Waals surface area contributed by atoms with Gasteiger partial charge in [0.15, 0.2) is 0 Å². The highest BCUT2D eigenvalue weighted by Crippen LogP contribution is 2.45. The highest BCUT2D eigenvalue weighted by atomic mass is 14.9. The minimum atomic E-state index is 0.192. The molecule has 0 aromatic carbocycles. The molecule has 0 bridgehead atoms. The summed E-state index contributed by atoms with van der Waals surface area (Å²) in [6.45, 7) is 11.0. The molecule has 0 fully saturated rings. The molecule has 2 nitrogen and oxygen atoms in total. The third-order valence-electron chi connectivity index (χ3n) is 4.08. The summed E-state index contributed by atoms with van der Waals surface area (Å²) in [6.07, 6.45) is 0. The van der Waals surface area contributed by atoms with Crippen LogP contribution in [-0.2, 0) is 0 Å². The largest absolute Gasteiger partial charge is 0.319 e. The molecule has 1 rings (SSSR count). The predicted molar refractivity (Wildman–Crippen MR) is 67.0 cm³/mol. The zero-order valence-electron chi connectivity index (χ0n) is 10.9. The lowest BCUT2D eigenvalue weighted by Crippen LogP contribution is -2.41. The third kappa shape index (κ3) is 1.77. The molecule has 2 heteroatoms. The molecule has 0 aromatic heterocycles. The van der Waals surface area contributed by atoms with Gasteiger partial charge in [0.2, 0.25) is 0 Å². The minimum absolute atomic E-state index is 0.192. The van der Waals surface area contributed by atoms with Gasteiger partial charge in [-0.1, -0.05) is 11.1 Å². The first-order valence-electron chi connectivity index (χ1n) is 5.66. The maximum atomic E-state index is 3.33. The molecule has 0 aliphatic heterocycles. The van der Waals surface area contributed by atoms with E-state index in [0.717, 1.165) is 13.1 Å². The van der Waals surface area contributed by atoms with Gasteiger partial charge < -0.3 is 10.6 Å². The summed E-state index contributed by atoms with van der Waals surface area (Å²) in [4.78, 5) is 0. The Balaban J connectivity index is 3.19. The average molecular weight is 208 g/mol. The zero-order valence-corrected chi connectivity index (χ0v) is 10.9. The van der Waals surface area contributed by atoms with E-state index in [2.05, 4.69) is 38.3 Å². The quantitative estimate of drug-likeness (QED) is 0.739. The summed E-state index contributed by atoms with van der Waals surface area (Å²) >= 11 is 0. The van der Waals surface area contributed by atoms with Crippen molar-refractivity contribution < 1.29 is 0 Å². The van der Waals surface area contributed by atoms with Gasteiger partial charge in [0, 0.05) is 18.5 Å². The normalized spacial score (nSPS) is 20.4. The summed E-state index contributed by atoms with van der Waals surface area (Å²) in [5.41, 5.74) is 6.16. The topological polar surface area (TPSA) is 24.1 Å². The van der Waals surface area contributed by atoms with Gasteiger partial charge in [0.1, 0.15) is 0 Å². The lowest BCUT2D eigenvalue weighted by atomic mass is 9.77. The van der Waals surface area contributed by atoms with Crippen LogP contribution in [-0.4, -0.2) is 27.2 Å². The van der Waals surface area contributed by atoms with E-state index in [1.165, 1.54) is 22.3 Å². The fourth-order valence-electron chi connectivity index (χ4n) is 2.76. The van der Waals surface area contributed by atoms with Crippen LogP contribution >= 0.6 is 0 Å². The predicted octanol–water partition coefficient (Wildman–Crippen LogP) is 2.10. The standard InChI is InChI=1S/C13H24N2/c1-9-10(2)12(4)13(7-14-5,8-15-6)11(9)3/h14-15H,7-8H2,1-6H3. The molecular formula is C13H24N2. The van der Waals surface area contributed by atoms with Crippen LogP contribution in [0.4, 0.5) is 0 Å². The summed E-state index contributed by atoms with van der Waals surface area (Å²) < 4.78 is 0. The highest BCUT2D eigenvalue weighted by molar-refractivity contribution is 5.51. The first-order valence-corrected chi connectivity index (χ1v) is 5.66. The molecule has 1 aliphatic rings. The average Bonchev–Trinajstić information content (AvgIpc) is 2.36. The Labute approximate surface area is 93.8 Å². The fraction of sp³-hybridized carbons (Fsp3) is 0.692. The lowest BCUT2D eigenvalue weighted by Gasteiger charge is -2.33. The summed E-state index contributed by atoms with van der Waals surface area (Å²) in [5, 5.41) is 6.66. The first kappa shape index (κ1) is 12.5. The van der Waals surface area contributed by atoms with Gasteiger partial charge >= 0.3 is 0 Å². The van der Waals surface area contributed by atoms with Crippen LogP contribution in [0.2, 0.25) is 0 Å². The van der Waals surface area contributed by atoms with Gasteiger partial charge in [-0.25, -0.2) is 0 Å². The monoisotopic (exact) mass is 208 g/mol. The van der Waals surface area contributed by atoms with E-state index >= 15 is 0 Å². The molecule has 0 saturated carbocycles. The van der Waals surface area contributed by atoms with Crippen molar-refractivity contribution >= 4 is 0 Å². The number of nitrogens with one attached hydrogen (secondary N) is 2. The zero-order chi connectivity index (χ0) is 11.6. The van der Waals surface area contributed by atoms with Gasteiger partial charge in [0.05, 0.1) is 0 Å². The van der Waals surface area contributed by atoms with E-state index in [9.17, 15) is 0 Å².